The minimum atomic E-state index is -0.895. The van der Waals surface area contributed by atoms with Gasteiger partial charge in [0, 0.05) is 18.8 Å². The summed E-state index contributed by atoms with van der Waals surface area (Å²) in [6, 6.07) is 3.32. The predicted molar refractivity (Wildman–Crippen MR) is 73.5 cm³/mol. The summed E-state index contributed by atoms with van der Waals surface area (Å²) in [6.45, 7) is 9.93. The van der Waals surface area contributed by atoms with Gasteiger partial charge in [-0.15, -0.1) is 0 Å². The molecule has 0 saturated heterocycles. The van der Waals surface area contributed by atoms with Crippen LogP contribution in [0.5, 0.6) is 0 Å². The summed E-state index contributed by atoms with van der Waals surface area (Å²) >= 11 is 0. The smallest absolute Gasteiger partial charge is 0.335 e. The topological polar surface area (TPSA) is 53.4 Å². The summed E-state index contributed by atoms with van der Waals surface area (Å²) in [5.41, 5.74) is 1.15. The number of aromatic nitrogens is 1. The lowest BCUT2D eigenvalue weighted by atomic mass is 10.1. The van der Waals surface area contributed by atoms with E-state index in [1.165, 1.54) is 0 Å². The average molecular weight is 250 g/mol. The first-order valence-electron chi connectivity index (χ1n) is 6.49. The van der Waals surface area contributed by atoms with Crippen LogP contribution in [0.3, 0.4) is 0 Å². The summed E-state index contributed by atoms with van der Waals surface area (Å²) in [7, 11) is 0. The van der Waals surface area contributed by atoms with Gasteiger partial charge in [0.2, 0.25) is 0 Å². The van der Waals surface area contributed by atoms with Gasteiger partial charge < -0.3 is 10.0 Å². The van der Waals surface area contributed by atoms with Gasteiger partial charge in [-0.2, -0.15) is 0 Å². The fourth-order valence-electron chi connectivity index (χ4n) is 1.82. The zero-order chi connectivity index (χ0) is 13.7. The summed E-state index contributed by atoms with van der Waals surface area (Å²) in [5, 5.41) is 9.15. The minimum Gasteiger partial charge on any atom is -0.478 e. The van der Waals surface area contributed by atoms with Crippen LogP contribution in [-0.2, 0) is 0 Å². The SMILES string of the molecule is CCCN(CC)c1cc(C(=O)O)cc(C(C)C)n1. The van der Waals surface area contributed by atoms with Crippen molar-refractivity contribution < 1.29 is 9.90 Å². The molecule has 0 aliphatic rings. The van der Waals surface area contributed by atoms with E-state index < -0.39 is 5.97 Å². The number of hydrogen-bond donors (Lipinski definition) is 1. The van der Waals surface area contributed by atoms with Crippen molar-refractivity contribution in [2.45, 2.75) is 40.0 Å². The van der Waals surface area contributed by atoms with Crippen LogP contribution in [0.15, 0.2) is 12.1 Å². The van der Waals surface area contributed by atoms with E-state index in [4.69, 9.17) is 5.11 Å². The molecule has 100 valence electrons. The number of carbonyl (C=O) groups is 1. The van der Waals surface area contributed by atoms with Gasteiger partial charge in [-0.1, -0.05) is 20.8 Å². The zero-order valence-corrected chi connectivity index (χ0v) is 11.6. The molecule has 1 aromatic heterocycles. The lowest BCUT2D eigenvalue weighted by Crippen LogP contribution is -2.25. The van der Waals surface area contributed by atoms with E-state index >= 15 is 0 Å². The van der Waals surface area contributed by atoms with Gasteiger partial charge in [-0.3, -0.25) is 0 Å². The summed E-state index contributed by atoms with van der Waals surface area (Å²) in [6.07, 6.45) is 1.02. The van der Waals surface area contributed by atoms with Crippen LogP contribution >= 0.6 is 0 Å². The molecular formula is C14H22N2O2. The van der Waals surface area contributed by atoms with E-state index in [1.807, 2.05) is 13.8 Å². The van der Waals surface area contributed by atoms with Crippen molar-refractivity contribution in [3.8, 4) is 0 Å². The Balaban J connectivity index is 3.20. The quantitative estimate of drug-likeness (QED) is 0.842. The standard InChI is InChI=1S/C14H22N2O2/c1-5-7-16(6-2)13-9-11(14(17)18)8-12(15-13)10(3)4/h8-10H,5-7H2,1-4H3,(H,17,18). The molecule has 0 atom stereocenters. The van der Waals surface area contributed by atoms with Gasteiger partial charge in [0.25, 0.3) is 0 Å². The van der Waals surface area contributed by atoms with E-state index in [2.05, 4.69) is 23.7 Å². The first-order valence-corrected chi connectivity index (χ1v) is 6.49. The molecule has 1 aromatic rings. The van der Waals surface area contributed by atoms with Crippen LogP contribution in [0.2, 0.25) is 0 Å². The third kappa shape index (κ3) is 3.45. The highest BCUT2D eigenvalue weighted by Gasteiger charge is 2.13. The number of carboxylic acids is 1. The van der Waals surface area contributed by atoms with E-state index in [1.54, 1.807) is 12.1 Å². The molecule has 0 amide bonds. The predicted octanol–water partition coefficient (Wildman–Crippen LogP) is 3.14. The van der Waals surface area contributed by atoms with Gasteiger partial charge in [-0.25, -0.2) is 9.78 Å². The molecule has 0 unspecified atom stereocenters. The third-order valence-electron chi connectivity index (χ3n) is 2.87. The Bertz CT molecular complexity index is 416. The van der Waals surface area contributed by atoms with Gasteiger partial charge in [0.15, 0.2) is 0 Å². The number of hydrogen-bond acceptors (Lipinski definition) is 3. The normalized spacial score (nSPS) is 10.7. The highest BCUT2D eigenvalue weighted by Crippen LogP contribution is 2.20. The molecule has 0 spiro atoms. The van der Waals surface area contributed by atoms with Crippen LogP contribution in [0.4, 0.5) is 5.82 Å². The Kier molecular flexibility index (Phi) is 5.13. The molecule has 0 saturated carbocycles. The van der Waals surface area contributed by atoms with Crippen LogP contribution in [-0.4, -0.2) is 29.1 Å². The second-order valence-electron chi connectivity index (χ2n) is 4.68. The maximum Gasteiger partial charge on any atom is 0.335 e. The van der Waals surface area contributed by atoms with Crippen LogP contribution in [0.25, 0.3) is 0 Å². The second kappa shape index (κ2) is 6.38. The van der Waals surface area contributed by atoms with E-state index in [-0.39, 0.29) is 5.92 Å². The molecule has 0 aromatic carbocycles. The number of pyridine rings is 1. The van der Waals surface area contributed by atoms with E-state index in [9.17, 15) is 4.79 Å². The van der Waals surface area contributed by atoms with Crippen molar-refractivity contribution in [2.24, 2.45) is 0 Å². The molecule has 0 bridgehead atoms. The summed E-state index contributed by atoms with van der Waals surface area (Å²) in [5.74, 6) is 0.0967. The zero-order valence-electron chi connectivity index (χ0n) is 11.6. The Morgan fingerprint density at radius 2 is 2.06 bits per heavy atom. The highest BCUT2D eigenvalue weighted by molar-refractivity contribution is 5.88. The fraction of sp³-hybridized carbons (Fsp3) is 0.571. The Labute approximate surface area is 109 Å². The van der Waals surface area contributed by atoms with Crippen LogP contribution in [0, 0.1) is 0 Å². The Morgan fingerprint density at radius 1 is 1.39 bits per heavy atom. The summed E-state index contributed by atoms with van der Waals surface area (Å²) < 4.78 is 0. The number of rotatable bonds is 6. The van der Waals surface area contributed by atoms with Crippen molar-refractivity contribution in [1.82, 2.24) is 4.98 Å². The minimum absolute atomic E-state index is 0.225. The van der Waals surface area contributed by atoms with E-state index in [0.717, 1.165) is 31.0 Å². The lowest BCUT2D eigenvalue weighted by molar-refractivity contribution is 0.0696. The molecule has 1 rings (SSSR count). The molecule has 4 heteroatoms. The second-order valence-corrected chi connectivity index (χ2v) is 4.68. The third-order valence-corrected chi connectivity index (χ3v) is 2.87. The van der Waals surface area contributed by atoms with Crippen molar-refractivity contribution in [3.05, 3.63) is 23.4 Å². The first kappa shape index (κ1) is 14.5. The summed E-state index contributed by atoms with van der Waals surface area (Å²) in [4.78, 5) is 17.8. The molecule has 0 aliphatic heterocycles. The molecule has 0 aliphatic carbocycles. The highest BCUT2D eigenvalue weighted by atomic mass is 16.4. The molecule has 4 nitrogen and oxygen atoms in total. The van der Waals surface area contributed by atoms with Crippen LogP contribution < -0.4 is 4.90 Å². The molecular weight excluding hydrogens is 228 g/mol. The molecule has 1 heterocycles. The number of carboxylic acid groups (broad SMARTS) is 1. The molecule has 18 heavy (non-hydrogen) atoms. The number of anilines is 1. The largest absolute Gasteiger partial charge is 0.478 e. The number of nitrogens with zero attached hydrogens (tertiary/aromatic N) is 2. The van der Waals surface area contributed by atoms with Gasteiger partial charge in [0.05, 0.1) is 5.56 Å². The van der Waals surface area contributed by atoms with Crippen molar-refractivity contribution >= 4 is 11.8 Å². The Morgan fingerprint density at radius 3 is 2.50 bits per heavy atom. The average Bonchev–Trinajstić information content (AvgIpc) is 2.35. The lowest BCUT2D eigenvalue weighted by Gasteiger charge is -2.22. The maximum absolute atomic E-state index is 11.2. The fourth-order valence-corrected chi connectivity index (χ4v) is 1.82. The van der Waals surface area contributed by atoms with Gasteiger partial charge in [-0.05, 0) is 31.4 Å². The van der Waals surface area contributed by atoms with Crippen molar-refractivity contribution in [1.29, 1.82) is 0 Å². The Hall–Kier alpha value is -1.58. The first-order chi connectivity index (χ1) is 8.49. The molecule has 0 fully saturated rings. The van der Waals surface area contributed by atoms with Gasteiger partial charge in [0.1, 0.15) is 5.82 Å². The molecule has 1 N–H and O–H groups in total. The van der Waals surface area contributed by atoms with Crippen molar-refractivity contribution in [3.63, 3.8) is 0 Å². The maximum atomic E-state index is 11.2. The van der Waals surface area contributed by atoms with Gasteiger partial charge >= 0.3 is 5.97 Å². The number of aromatic carboxylic acids is 1. The monoisotopic (exact) mass is 250 g/mol. The van der Waals surface area contributed by atoms with Crippen LogP contribution in [0.1, 0.15) is 56.1 Å². The van der Waals surface area contributed by atoms with Crippen molar-refractivity contribution in [2.75, 3.05) is 18.0 Å². The molecule has 0 radical (unpaired) electrons. The van der Waals surface area contributed by atoms with E-state index in [0.29, 0.717) is 5.56 Å².